The fraction of sp³-hybridized carbons (Fsp3) is 0.700. The van der Waals surface area contributed by atoms with Gasteiger partial charge in [0.15, 0.2) is 0 Å². The van der Waals surface area contributed by atoms with Crippen LogP contribution < -0.4 is 0 Å². The number of rotatable bonds is 2. The van der Waals surface area contributed by atoms with E-state index in [9.17, 15) is 5.11 Å². The Kier molecular flexibility index (Phi) is 2.72. The summed E-state index contributed by atoms with van der Waals surface area (Å²) in [5.41, 5.74) is 2.08. The molecule has 0 heterocycles. The molecular weight excluding hydrogens is 256 g/mol. The van der Waals surface area contributed by atoms with E-state index in [4.69, 9.17) is 0 Å². The smallest absolute Gasteiger partial charge is 0.101 e. The highest BCUT2D eigenvalue weighted by Gasteiger charge is 2.69. The number of aliphatic hydroxyl groups is 1. The lowest BCUT2D eigenvalue weighted by atomic mass is 9.56. The summed E-state index contributed by atoms with van der Waals surface area (Å²) in [5, 5.41) is 12.0. The second kappa shape index (κ2) is 4.13. The molecule has 1 aromatic carbocycles. The maximum atomic E-state index is 12.0. The van der Waals surface area contributed by atoms with Crippen molar-refractivity contribution >= 4 is 0 Å². The summed E-state index contributed by atoms with van der Waals surface area (Å²) in [7, 11) is 0. The van der Waals surface area contributed by atoms with Crippen molar-refractivity contribution in [2.45, 2.75) is 70.8 Å². The van der Waals surface area contributed by atoms with Gasteiger partial charge in [-0.15, -0.1) is 0 Å². The molecule has 1 aromatic rings. The van der Waals surface area contributed by atoms with Crippen molar-refractivity contribution < 1.29 is 5.11 Å². The summed E-state index contributed by atoms with van der Waals surface area (Å²) in [5.74, 6) is 1.35. The van der Waals surface area contributed by atoms with Crippen molar-refractivity contribution in [2.24, 2.45) is 16.7 Å². The van der Waals surface area contributed by atoms with Crippen LogP contribution in [0, 0.1) is 16.7 Å². The van der Waals surface area contributed by atoms with Gasteiger partial charge in [-0.25, -0.2) is 0 Å². The molecule has 1 nitrogen and oxygen atoms in total. The molecule has 3 unspecified atom stereocenters. The Labute approximate surface area is 128 Å². The summed E-state index contributed by atoms with van der Waals surface area (Å²) in [6, 6.07) is 8.79. The second-order valence-electron chi connectivity index (χ2n) is 8.65. The summed E-state index contributed by atoms with van der Waals surface area (Å²) in [6.07, 6.45) is 7.60. The molecule has 3 aliphatic rings. The molecule has 0 saturated heterocycles. The van der Waals surface area contributed by atoms with Crippen LogP contribution in [0.25, 0.3) is 0 Å². The monoisotopic (exact) mass is 284 g/mol. The topological polar surface area (TPSA) is 20.2 Å². The minimum absolute atomic E-state index is 0.0140. The third-order valence-electron chi connectivity index (χ3n) is 7.46. The first-order valence-electron chi connectivity index (χ1n) is 8.72. The van der Waals surface area contributed by atoms with Crippen LogP contribution in [0.15, 0.2) is 24.3 Å². The molecule has 114 valence electrons. The van der Waals surface area contributed by atoms with Crippen LogP contribution in [-0.4, -0.2) is 5.11 Å². The molecule has 3 saturated carbocycles. The highest BCUT2D eigenvalue weighted by Crippen LogP contribution is 2.72. The van der Waals surface area contributed by atoms with E-state index in [-0.39, 0.29) is 10.8 Å². The summed E-state index contributed by atoms with van der Waals surface area (Å²) in [6.45, 7) is 6.94. The van der Waals surface area contributed by atoms with E-state index in [1.807, 2.05) is 0 Å². The first kappa shape index (κ1) is 13.8. The molecule has 1 heteroatoms. The van der Waals surface area contributed by atoms with Gasteiger partial charge in [-0.05, 0) is 55.1 Å². The van der Waals surface area contributed by atoms with Gasteiger partial charge in [-0.2, -0.15) is 0 Å². The van der Waals surface area contributed by atoms with Crippen molar-refractivity contribution in [1.29, 1.82) is 0 Å². The zero-order chi connectivity index (χ0) is 14.9. The standard InChI is InChI=1S/C20H28O/c1-18(2)15-11-12-19(3,13-15)20(18,21)17-10-5-4-9-16(17)14-7-6-8-14/h4-5,9-10,14-15,21H,6-8,11-13H2,1-3H3. The molecule has 2 bridgehead atoms. The van der Waals surface area contributed by atoms with E-state index in [0.717, 1.165) is 0 Å². The van der Waals surface area contributed by atoms with Gasteiger partial charge >= 0.3 is 0 Å². The van der Waals surface area contributed by atoms with Gasteiger partial charge < -0.3 is 5.11 Å². The number of hydrogen-bond donors (Lipinski definition) is 1. The quantitative estimate of drug-likeness (QED) is 0.811. The van der Waals surface area contributed by atoms with Gasteiger partial charge in [0, 0.05) is 10.8 Å². The maximum absolute atomic E-state index is 12.0. The fourth-order valence-electron chi connectivity index (χ4n) is 5.83. The van der Waals surface area contributed by atoms with Crippen molar-refractivity contribution in [2.75, 3.05) is 0 Å². The van der Waals surface area contributed by atoms with Gasteiger partial charge in [0.2, 0.25) is 0 Å². The van der Waals surface area contributed by atoms with Gasteiger partial charge in [0.05, 0.1) is 0 Å². The summed E-state index contributed by atoms with van der Waals surface area (Å²) in [4.78, 5) is 0. The fourth-order valence-corrected chi connectivity index (χ4v) is 5.83. The SMILES string of the molecule is CC12CCC(C1)C(C)(C)C2(O)c1ccccc1C1CCC1. The Morgan fingerprint density at radius 2 is 1.76 bits per heavy atom. The minimum atomic E-state index is -0.658. The van der Waals surface area contributed by atoms with E-state index >= 15 is 0 Å². The Bertz CT molecular complexity index is 564. The summed E-state index contributed by atoms with van der Waals surface area (Å²) >= 11 is 0. The van der Waals surface area contributed by atoms with Crippen LogP contribution >= 0.6 is 0 Å². The molecule has 3 atom stereocenters. The molecule has 1 N–H and O–H groups in total. The number of benzene rings is 1. The third kappa shape index (κ3) is 1.51. The van der Waals surface area contributed by atoms with Gasteiger partial charge in [0.25, 0.3) is 0 Å². The normalized spacial score (nSPS) is 41.2. The Balaban J connectivity index is 1.89. The van der Waals surface area contributed by atoms with Crippen molar-refractivity contribution in [1.82, 2.24) is 0 Å². The molecule has 21 heavy (non-hydrogen) atoms. The molecule has 3 fully saturated rings. The third-order valence-corrected chi connectivity index (χ3v) is 7.46. The zero-order valence-electron chi connectivity index (χ0n) is 13.7. The molecule has 3 aliphatic carbocycles. The molecule has 0 aromatic heterocycles. The summed E-state index contributed by atoms with van der Waals surface area (Å²) < 4.78 is 0. The van der Waals surface area contributed by atoms with Crippen LogP contribution in [0.4, 0.5) is 0 Å². The second-order valence-corrected chi connectivity index (χ2v) is 8.65. The predicted octanol–water partition coefficient (Wildman–Crippen LogP) is 4.99. The van der Waals surface area contributed by atoms with E-state index in [2.05, 4.69) is 45.0 Å². The van der Waals surface area contributed by atoms with Crippen molar-refractivity contribution in [3.8, 4) is 0 Å². The van der Waals surface area contributed by atoms with Crippen molar-refractivity contribution in [3.63, 3.8) is 0 Å². The minimum Gasteiger partial charge on any atom is -0.384 e. The van der Waals surface area contributed by atoms with Gasteiger partial charge in [-0.1, -0.05) is 51.5 Å². The van der Waals surface area contributed by atoms with Crippen molar-refractivity contribution in [3.05, 3.63) is 35.4 Å². The van der Waals surface area contributed by atoms with Crippen LogP contribution in [-0.2, 0) is 5.60 Å². The number of fused-ring (bicyclic) bond motifs is 2. The van der Waals surface area contributed by atoms with Crippen LogP contribution in [0.5, 0.6) is 0 Å². The molecule has 0 radical (unpaired) electrons. The van der Waals surface area contributed by atoms with Crippen LogP contribution in [0.1, 0.15) is 76.3 Å². The average molecular weight is 284 g/mol. The lowest BCUT2D eigenvalue weighted by Crippen LogP contribution is -2.52. The molecular formula is C20H28O. The molecule has 0 amide bonds. The first-order valence-corrected chi connectivity index (χ1v) is 8.72. The van der Waals surface area contributed by atoms with E-state index in [1.54, 1.807) is 0 Å². The van der Waals surface area contributed by atoms with Crippen LogP contribution in [0.2, 0.25) is 0 Å². The van der Waals surface area contributed by atoms with E-state index in [0.29, 0.717) is 11.8 Å². The van der Waals surface area contributed by atoms with Gasteiger partial charge in [0.1, 0.15) is 5.60 Å². The highest BCUT2D eigenvalue weighted by molar-refractivity contribution is 5.41. The predicted molar refractivity (Wildman–Crippen MR) is 86.2 cm³/mol. The Morgan fingerprint density at radius 1 is 1.05 bits per heavy atom. The first-order chi connectivity index (χ1) is 9.90. The zero-order valence-corrected chi connectivity index (χ0v) is 13.7. The van der Waals surface area contributed by atoms with Crippen LogP contribution in [0.3, 0.4) is 0 Å². The van der Waals surface area contributed by atoms with E-state index in [1.165, 1.54) is 49.7 Å². The molecule has 4 rings (SSSR count). The van der Waals surface area contributed by atoms with E-state index < -0.39 is 5.60 Å². The lowest BCUT2D eigenvalue weighted by molar-refractivity contribution is -0.151. The lowest BCUT2D eigenvalue weighted by Gasteiger charge is -2.52. The Hall–Kier alpha value is -0.820. The van der Waals surface area contributed by atoms with Gasteiger partial charge in [-0.3, -0.25) is 0 Å². The Morgan fingerprint density at radius 3 is 2.33 bits per heavy atom. The average Bonchev–Trinajstić information content (AvgIpc) is 2.85. The number of hydrogen-bond acceptors (Lipinski definition) is 1. The highest BCUT2D eigenvalue weighted by atomic mass is 16.3. The largest absolute Gasteiger partial charge is 0.384 e. The maximum Gasteiger partial charge on any atom is 0.101 e. The molecule has 0 aliphatic heterocycles. The molecule has 0 spiro atoms.